The molecule has 0 unspecified atom stereocenters. The Hall–Kier alpha value is -3.57. The van der Waals surface area contributed by atoms with Gasteiger partial charge in [0.05, 0.1) is 13.5 Å². The highest BCUT2D eigenvalue weighted by Crippen LogP contribution is 2.28. The highest BCUT2D eigenvalue weighted by Gasteiger charge is 2.21. The van der Waals surface area contributed by atoms with Crippen molar-refractivity contribution < 1.29 is 14.3 Å². The van der Waals surface area contributed by atoms with Crippen LogP contribution in [0.4, 0.5) is 0 Å². The number of hydrogen-bond acceptors (Lipinski definition) is 3. The van der Waals surface area contributed by atoms with Crippen molar-refractivity contribution in [3.05, 3.63) is 106 Å². The number of nitrogens with zero attached hydrogens (tertiary/aromatic N) is 2. The summed E-state index contributed by atoms with van der Waals surface area (Å²) >= 11 is 5.98. The summed E-state index contributed by atoms with van der Waals surface area (Å²) in [6.45, 7) is 2.46. The molecule has 3 rings (SSSR count). The molecule has 0 fully saturated rings. The number of hydrogen-bond donors (Lipinski definition) is 0. The first-order chi connectivity index (χ1) is 16.8. The van der Waals surface area contributed by atoms with Crippen molar-refractivity contribution in [2.24, 2.45) is 0 Å². The van der Waals surface area contributed by atoms with E-state index in [-0.39, 0.29) is 18.2 Å². The summed E-state index contributed by atoms with van der Waals surface area (Å²) in [5, 5.41) is 0.567. The van der Waals surface area contributed by atoms with Gasteiger partial charge < -0.3 is 14.5 Å². The van der Waals surface area contributed by atoms with E-state index in [1.54, 1.807) is 48.2 Å². The van der Waals surface area contributed by atoms with Gasteiger partial charge in [0.1, 0.15) is 5.75 Å². The number of carbonyl (C=O) groups excluding carboxylic acids is 2. The number of halogens is 1. The zero-order valence-corrected chi connectivity index (χ0v) is 21.4. The molecule has 0 atom stereocenters. The summed E-state index contributed by atoms with van der Waals surface area (Å²) in [6, 6.07) is 24.4. The maximum atomic E-state index is 13.2. The van der Waals surface area contributed by atoms with Crippen molar-refractivity contribution in [3.63, 3.8) is 0 Å². The SMILES string of the molecule is COc1cccc(C(CC(=O)N(C)CCc2ccccc2)=C(C)N(C)C(=O)c2ccc(Cl)cc2)c1. The number of carbonyl (C=O) groups is 2. The molecule has 0 radical (unpaired) electrons. The molecule has 0 heterocycles. The normalized spacial score (nSPS) is 11.5. The monoisotopic (exact) mass is 490 g/mol. The van der Waals surface area contributed by atoms with Gasteiger partial charge in [-0.05, 0) is 66.4 Å². The fraction of sp³-hybridized carbons (Fsp3) is 0.241. The Labute approximate surface area is 212 Å². The van der Waals surface area contributed by atoms with Gasteiger partial charge in [0.25, 0.3) is 5.91 Å². The molecule has 0 saturated heterocycles. The predicted octanol–water partition coefficient (Wildman–Crippen LogP) is 5.94. The molecular weight excluding hydrogens is 460 g/mol. The van der Waals surface area contributed by atoms with Gasteiger partial charge in [-0.25, -0.2) is 0 Å². The lowest BCUT2D eigenvalue weighted by atomic mass is 9.98. The van der Waals surface area contributed by atoms with Crippen LogP contribution in [0, 0.1) is 0 Å². The average molecular weight is 491 g/mol. The summed E-state index contributed by atoms with van der Waals surface area (Å²) in [5.41, 5.74) is 4.00. The largest absolute Gasteiger partial charge is 0.497 e. The van der Waals surface area contributed by atoms with Gasteiger partial charge in [-0.2, -0.15) is 0 Å². The molecular formula is C29H31ClN2O3. The van der Waals surface area contributed by atoms with E-state index < -0.39 is 0 Å². The van der Waals surface area contributed by atoms with E-state index in [4.69, 9.17) is 16.3 Å². The molecule has 2 amide bonds. The third-order valence-corrected chi connectivity index (χ3v) is 6.34. The van der Waals surface area contributed by atoms with Crippen LogP contribution in [0.15, 0.2) is 84.6 Å². The van der Waals surface area contributed by atoms with Crippen molar-refractivity contribution in [1.29, 1.82) is 0 Å². The molecule has 182 valence electrons. The smallest absolute Gasteiger partial charge is 0.257 e. The minimum atomic E-state index is -0.176. The number of allylic oxidation sites excluding steroid dienone is 1. The molecule has 0 bridgehead atoms. The first-order valence-electron chi connectivity index (χ1n) is 11.5. The summed E-state index contributed by atoms with van der Waals surface area (Å²) in [5.74, 6) is 0.485. The number of rotatable bonds is 9. The molecule has 0 aliphatic rings. The van der Waals surface area contributed by atoms with E-state index in [0.717, 1.165) is 17.6 Å². The Morgan fingerprint density at radius 3 is 2.23 bits per heavy atom. The minimum absolute atomic E-state index is 0.0227. The van der Waals surface area contributed by atoms with Crippen LogP contribution in [-0.4, -0.2) is 49.4 Å². The van der Waals surface area contributed by atoms with E-state index in [1.165, 1.54) is 5.56 Å². The van der Waals surface area contributed by atoms with Gasteiger partial charge in [-0.3, -0.25) is 9.59 Å². The van der Waals surface area contributed by atoms with Crippen molar-refractivity contribution >= 4 is 29.0 Å². The Balaban J connectivity index is 1.87. The number of amides is 2. The molecule has 0 N–H and O–H groups in total. The van der Waals surface area contributed by atoms with Crippen LogP contribution in [0.2, 0.25) is 5.02 Å². The second kappa shape index (κ2) is 12.2. The fourth-order valence-corrected chi connectivity index (χ4v) is 3.87. The molecule has 35 heavy (non-hydrogen) atoms. The second-order valence-electron chi connectivity index (χ2n) is 8.39. The Morgan fingerprint density at radius 2 is 1.57 bits per heavy atom. The summed E-state index contributed by atoms with van der Waals surface area (Å²) in [7, 11) is 5.14. The quantitative estimate of drug-likeness (QED) is 0.373. The molecule has 6 heteroatoms. The van der Waals surface area contributed by atoms with E-state index in [0.29, 0.717) is 28.6 Å². The summed E-state index contributed by atoms with van der Waals surface area (Å²) in [4.78, 5) is 29.7. The summed E-state index contributed by atoms with van der Waals surface area (Å²) in [6.07, 6.45) is 0.928. The van der Waals surface area contributed by atoms with Crippen molar-refractivity contribution in [2.75, 3.05) is 27.7 Å². The topological polar surface area (TPSA) is 49.9 Å². The molecule has 0 aliphatic carbocycles. The lowest BCUT2D eigenvalue weighted by Crippen LogP contribution is -2.30. The van der Waals surface area contributed by atoms with Crippen LogP contribution in [0.25, 0.3) is 5.57 Å². The average Bonchev–Trinajstić information content (AvgIpc) is 2.90. The lowest BCUT2D eigenvalue weighted by molar-refractivity contribution is -0.128. The first kappa shape index (κ1) is 26.0. The van der Waals surface area contributed by atoms with Gasteiger partial charge in [-0.1, -0.05) is 54.1 Å². The van der Waals surface area contributed by atoms with E-state index in [2.05, 4.69) is 12.1 Å². The Morgan fingerprint density at radius 1 is 0.886 bits per heavy atom. The zero-order valence-electron chi connectivity index (χ0n) is 20.6. The maximum Gasteiger partial charge on any atom is 0.257 e. The maximum absolute atomic E-state index is 13.2. The third-order valence-electron chi connectivity index (χ3n) is 6.09. The molecule has 3 aromatic carbocycles. The summed E-state index contributed by atoms with van der Waals surface area (Å²) < 4.78 is 5.40. The lowest BCUT2D eigenvalue weighted by Gasteiger charge is -2.24. The Kier molecular flexibility index (Phi) is 9.10. The number of benzene rings is 3. The van der Waals surface area contributed by atoms with Crippen LogP contribution < -0.4 is 4.74 Å². The van der Waals surface area contributed by atoms with Gasteiger partial charge in [0.2, 0.25) is 5.91 Å². The predicted molar refractivity (Wildman–Crippen MR) is 142 cm³/mol. The van der Waals surface area contributed by atoms with Crippen molar-refractivity contribution in [2.45, 2.75) is 19.8 Å². The van der Waals surface area contributed by atoms with Gasteiger partial charge >= 0.3 is 0 Å². The Bertz CT molecular complexity index is 1190. The zero-order chi connectivity index (χ0) is 25.4. The van der Waals surface area contributed by atoms with Crippen LogP contribution >= 0.6 is 11.6 Å². The fourth-order valence-electron chi connectivity index (χ4n) is 3.74. The molecule has 5 nitrogen and oxygen atoms in total. The van der Waals surface area contributed by atoms with E-state index >= 15 is 0 Å². The van der Waals surface area contributed by atoms with Crippen LogP contribution in [0.3, 0.4) is 0 Å². The van der Waals surface area contributed by atoms with Gasteiger partial charge in [0, 0.05) is 36.9 Å². The third kappa shape index (κ3) is 6.96. The van der Waals surface area contributed by atoms with E-state index in [9.17, 15) is 9.59 Å². The van der Waals surface area contributed by atoms with Crippen molar-refractivity contribution in [3.8, 4) is 5.75 Å². The second-order valence-corrected chi connectivity index (χ2v) is 8.83. The first-order valence-corrected chi connectivity index (χ1v) is 11.8. The highest BCUT2D eigenvalue weighted by atomic mass is 35.5. The number of ether oxygens (including phenoxy) is 1. The van der Waals surface area contributed by atoms with Gasteiger partial charge in [0.15, 0.2) is 0 Å². The van der Waals surface area contributed by atoms with Crippen LogP contribution in [0.5, 0.6) is 5.75 Å². The standard InChI is InChI=1S/C29H31ClN2O3/c1-21(32(3)29(34)23-13-15-25(30)16-14-23)27(24-11-8-12-26(19-24)35-4)20-28(33)31(2)18-17-22-9-6-5-7-10-22/h5-16,19H,17-18,20H2,1-4H3. The van der Waals surface area contributed by atoms with Crippen LogP contribution in [0.1, 0.15) is 34.8 Å². The molecule has 0 aromatic heterocycles. The molecule has 0 saturated carbocycles. The van der Waals surface area contributed by atoms with E-state index in [1.807, 2.05) is 56.4 Å². The van der Waals surface area contributed by atoms with Crippen molar-refractivity contribution in [1.82, 2.24) is 9.80 Å². The molecule has 0 aliphatic heterocycles. The van der Waals surface area contributed by atoms with Crippen LogP contribution in [-0.2, 0) is 11.2 Å². The molecule has 3 aromatic rings. The highest BCUT2D eigenvalue weighted by molar-refractivity contribution is 6.30. The molecule has 0 spiro atoms. The van der Waals surface area contributed by atoms with Gasteiger partial charge in [-0.15, -0.1) is 0 Å². The number of likely N-dealkylation sites (N-methyl/N-ethyl adjacent to an activating group) is 1. The minimum Gasteiger partial charge on any atom is -0.497 e. The number of methoxy groups -OCH3 is 1.